The summed E-state index contributed by atoms with van der Waals surface area (Å²) in [6.07, 6.45) is 3.94. The van der Waals surface area contributed by atoms with Crippen molar-refractivity contribution in [2.24, 2.45) is 5.84 Å². The third kappa shape index (κ3) is 4.64. The van der Waals surface area contributed by atoms with Crippen molar-refractivity contribution in [3.05, 3.63) is 35.6 Å². The van der Waals surface area contributed by atoms with Gasteiger partial charge in [0.05, 0.1) is 0 Å². The quantitative estimate of drug-likeness (QED) is 0.577. The second kappa shape index (κ2) is 6.82. The van der Waals surface area contributed by atoms with Crippen molar-refractivity contribution >= 4 is 11.8 Å². The molecule has 0 aliphatic rings. The molecule has 1 rings (SSSR count). The third-order valence-electron chi connectivity index (χ3n) is 2.30. The lowest BCUT2D eigenvalue weighted by Gasteiger charge is -2.15. The van der Waals surface area contributed by atoms with Crippen LogP contribution in [0, 0.1) is 5.82 Å². The van der Waals surface area contributed by atoms with Gasteiger partial charge in [-0.1, -0.05) is 12.1 Å². The van der Waals surface area contributed by atoms with Crippen LogP contribution in [0.1, 0.15) is 12.0 Å². The topological polar surface area (TPSA) is 38.0 Å². The molecule has 0 amide bonds. The van der Waals surface area contributed by atoms with Crippen molar-refractivity contribution in [1.29, 1.82) is 0 Å². The number of nitrogens with one attached hydrogen (secondary N) is 1. The molecule has 2 nitrogen and oxygen atoms in total. The van der Waals surface area contributed by atoms with Crippen molar-refractivity contribution in [2.75, 3.05) is 12.0 Å². The lowest BCUT2D eigenvalue weighted by atomic mass is 10.0. The van der Waals surface area contributed by atoms with Gasteiger partial charge < -0.3 is 0 Å². The molecule has 84 valence electrons. The SMILES string of the molecule is CSCCC(Cc1ccc(F)cc1)NN. The van der Waals surface area contributed by atoms with E-state index in [0.29, 0.717) is 0 Å². The van der Waals surface area contributed by atoms with Gasteiger partial charge in [0.25, 0.3) is 0 Å². The fourth-order valence-electron chi connectivity index (χ4n) is 1.41. The highest BCUT2D eigenvalue weighted by molar-refractivity contribution is 7.98. The zero-order chi connectivity index (χ0) is 11.1. The molecule has 0 aliphatic heterocycles. The molecule has 3 N–H and O–H groups in total. The van der Waals surface area contributed by atoms with Crippen LogP contribution in [0.3, 0.4) is 0 Å². The average Bonchev–Trinajstić information content (AvgIpc) is 2.27. The Bertz CT molecular complexity index is 276. The molecule has 0 heterocycles. The molecule has 0 aromatic heterocycles. The Hall–Kier alpha value is -0.580. The first-order chi connectivity index (χ1) is 7.26. The normalized spacial score (nSPS) is 12.7. The predicted octanol–water partition coefficient (Wildman–Crippen LogP) is 1.95. The molecule has 1 aromatic rings. The minimum absolute atomic E-state index is 0.194. The van der Waals surface area contributed by atoms with Gasteiger partial charge in [0, 0.05) is 6.04 Å². The first-order valence-electron chi connectivity index (χ1n) is 4.95. The van der Waals surface area contributed by atoms with Crippen molar-refractivity contribution in [3.63, 3.8) is 0 Å². The van der Waals surface area contributed by atoms with Crippen LogP contribution in [-0.4, -0.2) is 18.1 Å². The van der Waals surface area contributed by atoms with Gasteiger partial charge in [0.15, 0.2) is 0 Å². The summed E-state index contributed by atoms with van der Waals surface area (Å²) in [4.78, 5) is 0. The van der Waals surface area contributed by atoms with E-state index in [1.807, 2.05) is 0 Å². The summed E-state index contributed by atoms with van der Waals surface area (Å²) in [7, 11) is 0. The van der Waals surface area contributed by atoms with Gasteiger partial charge in [-0.25, -0.2) is 4.39 Å². The van der Waals surface area contributed by atoms with Gasteiger partial charge in [0.2, 0.25) is 0 Å². The number of nitrogens with two attached hydrogens (primary N) is 1. The molecule has 0 aliphatic carbocycles. The third-order valence-corrected chi connectivity index (χ3v) is 2.95. The lowest BCUT2D eigenvalue weighted by Crippen LogP contribution is -2.37. The van der Waals surface area contributed by atoms with Crippen LogP contribution in [0.25, 0.3) is 0 Å². The average molecular weight is 228 g/mol. The monoisotopic (exact) mass is 228 g/mol. The summed E-state index contributed by atoms with van der Waals surface area (Å²) in [6.45, 7) is 0. The van der Waals surface area contributed by atoms with Crippen molar-refractivity contribution in [2.45, 2.75) is 18.9 Å². The van der Waals surface area contributed by atoms with Gasteiger partial charge in [-0.3, -0.25) is 11.3 Å². The van der Waals surface area contributed by atoms with Crippen molar-refractivity contribution in [1.82, 2.24) is 5.43 Å². The van der Waals surface area contributed by atoms with Crippen LogP contribution in [-0.2, 0) is 6.42 Å². The van der Waals surface area contributed by atoms with E-state index in [9.17, 15) is 4.39 Å². The summed E-state index contributed by atoms with van der Waals surface area (Å²) < 4.78 is 12.7. The maximum atomic E-state index is 12.7. The fraction of sp³-hybridized carbons (Fsp3) is 0.455. The summed E-state index contributed by atoms with van der Waals surface area (Å²) in [6, 6.07) is 6.84. The van der Waals surface area contributed by atoms with Crippen LogP contribution in [0.15, 0.2) is 24.3 Å². The zero-order valence-corrected chi connectivity index (χ0v) is 9.69. The van der Waals surface area contributed by atoms with Crippen LogP contribution < -0.4 is 11.3 Å². The highest BCUT2D eigenvalue weighted by Gasteiger charge is 2.06. The molecule has 0 fully saturated rings. The molecule has 0 radical (unpaired) electrons. The second-order valence-electron chi connectivity index (χ2n) is 3.48. The largest absolute Gasteiger partial charge is 0.271 e. The maximum Gasteiger partial charge on any atom is 0.123 e. The Morgan fingerprint density at radius 1 is 1.40 bits per heavy atom. The summed E-state index contributed by atoms with van der Waals surface area (Å²) >= 11 is 1.80. The van der Waals surface area contributed by atoms with Crippen molar-refractivity contribution in [3.8, 4) is 0 Å². The van der Waals surface area contributed by atoms with E-state index in [-0.39, 0.29) is 11.9 Å². The van der Waals surface area contributed by atoms with E-state index in [1.165, 1.54) is 12.1 Å². The van der Waals surface area contributed by atoms with Crippen LogP contribution in [0.5, 0.6) is 0 Å². The number of halogens is 1. The van der Waals surface area contributed by atoms with E-state index in [4.69, 9.17) is 5.84 Å². The molecule has 4 heteroatoms. The van der Waals surface area contributed by atoms with E-state index in [0.717, 1.165) is 24.2 Å². The molecular formula is C11H17FN2S. The molecule has 1 aromatic carbocycles. The lowest BCUT2D eigenvalue weighted by molar-refractivity contribution is 0.514. The number of rotatable bonds is 6. The van der Waals surface area contributed by atoms with Crippen LogP contribution in [0.2, 0.25) is 0 Å². The smallest absolute Gasteiger partial charge is 0.123 e. The first kappa shape index (κ1) is 12.5. The molecule has 1 unspecified atom stereocenters. The Balaban J connectivity index is 2.47. The molecule has 0 saturated carbocycles. The van der Waals surface area contributed by atoms with Crippen LogP contribution >= 0.6 is 11.8 Å². The Morgan fingerprint density at radius 3 is 2.60 bits per heavy atom. The number of hydrogen-bond acceptors (Lipinski definition) is 3. The van der Waals surface area contributed by atoms with E-state index in [1.54, 1.807) is 23.9 Å². The van der Waals surface area contributed by atoms with Crippen LogP contribution in [0.4, 0.5) is 4.39 Å². The van der Waals surface area contributed by atoms with Gasteiger partial charge in [0.1, 0.15) is 5.82 Å². The highest BCUT2D eigenvalue weighted by Crippen LogP contribution is 2.09. The number of thioether (sulfide) groups is 1. The second-order valence-corrected chi connectivity index (χ2v) is 4.46. The number of benzene rings is 1. The Labute approximate surface area is 94.4 Å². The maximum absolute atomic E-state index is 12.7. The van der Waals surface area contributed by atoms with Crippen molar-refractivity contribution < 1.29 is 4.39 Å². The molecule has 0 saturated heterocycles. The Kier molecular flexibility index (Phi) is 5.68. The van der Waals surface area contributed by atoms with E-state index in [2.05, 4.69) is 11.7 Å². The molecular weight excluding hydrogens is 211 g/mol. The van der Waals surface area contributed by atoms with E-state index < -0.39 is 0 Å². The van der Waals surface area contributed by atoms with Gasteiger partial charge in [-0.2, -0.15) is 11.8 Å². The molecule has 15 heavy (non-hydrogen) atoms. The minimum Gasteiger partial charge on any atom is -0.271 e. The highest BCUT2D eigenvalue weighted by atomic mass is 32.2. The Morgan fingerprint density at radius 2 is 2.07 bits per heavy atom. The molecule has 0 bridgehead atoms. The summed E-state index contributed by atoms with van der Waals surface area (Å²) in [5.74, 6) is 6.34. The number of hydrogen-bond donors (Lipinski definition) is 2. The van der Waals surface area contributed by atoms with E-state index >= 15 is 0 Å². The van der Waals surface area contributed by atoms with Gasteiger partial charge in [-0.15, -0.1) is 0 Å². The van der Waals surface area contributed by atoms with Gasteiger partial charge >= 0.3 is 0 Å². The zero-order valence-electron chi connectivity index (χ0n) is 8.87. The first-order valence-corrected chi connectivity index (χ1v) is 6.35. The predicted molar refractivity (Wildman–Crippen MR) is 64.2 cm³/mol. The molecule has 1 atom stereocenters. The summed E-state index contributed by atoms with van der Waals surface area (Å²) in [5.41, 5.74) is 3.90. The standard InChI is InChI=1S/C11H17FN2S/c1-15-7-6-11(14-13)8-9-2-4-10(12)5-3-9/h2-5,11,14H,6-8,13H2,1H3. The number of hydrazine groups is 1. The fourth-order valence-corrected chi connectivity index (χ4v) is 1.93. The summed E-state index contributed by atoms with van der Waals surface area (Å²) in [5, 5.41) is 0. The van der Waals surface area contributed by atoms with Gasteiger partial charge in [-0.05, 0) is 42.5 Å². The molecule has 0 spiro atoms. The minimum atomic E-state index is -0.194.